The minimum Gasteiger partial charge on any atom is -0.381 e. The first-order chi connectivity index (χ1) is 13.0. The topological polar surface area (TPSA) is 48.3 Å². The Morgan fingerprint density at radius 2 is 1.85 bits per heavy atom. The quantitative estimate of drug-likeness (QED) is 0.838. The first kappa shape index (κ1) is 18.2. The molecule has 0 radical (unpaired) electrons. The van der Waals surface area contributed by atoms with Crippen LogP contribution in [0.2, 0.25) is 0 Å². The lowest BCUT2D eigenvalue weighted by molar-refractivity contribution is -0.118. The van der Waals surface area contributed by atoms with Crippen molar-refractivity contribution in [2.24, 2.45) is 13.0 Å². The summed E-state index contributed by atoms with van der Waals surface area (Å²) in [5.41, 5.74) is 6.91. The van der Waals surface area contributed by atoms with Gasteiger partial charge in [-0.25, -0.2) is 0 Å². The molecule has 0 spiro atoms. The van der Waals surface area contributed by atoms with Crippen LogP contribution in [0.1, 0.15) is 41.5 Å². The van der Waals surface area contributed by atoms with Crippen LogP contribution in [0.4, 0.5) is 0 Å². The summed E-state index contributed by atoms with van der Waals surface area (Å²) >= 11 is 0. The second kappa shape index (κ2) is 7.43. The summed E-state index contributed by atoms with van der Waals surface area (Å²) in [7, 11) is 1.80. The fourth-order valence-electron chi connectivity index (χ4n) is 4.45. The second-order valence-electron chi connectivity index (χ2n) is 8.08. The Morgan fingerprint density at radius 3 is 2.59 bits per heavy atom. The van der Waals surface area contributed by atoms with Crippen LogP contribution < -0.4 is 5.56 Å². The number of benzene rings is 1. The molecule has 4 heteroatoms. The number of rotatable bonds is 3. The van der Waals surface area contributed by atoms with Crippen molar-refractivity contribution in [1.29, 1.82) is 0 Å². The summed E-state index contributed by atoms with van der Waals surface area (Å²) in [6.45, 7) is 3.54. The zero-order valence-corrected chi connectivity index (χ0v) is 16.2. The average Bonchev–Trinajstić information content (AvgIpc) is 2.66. The zero-order chi connectivity index (χ0) is 19.0. The van der Waals surface area contributed by atoms with Gasteiger partial charge in [0.2, 0.25) is 0 Å². The van der Waals surface area contributed by atoms with Crippen LogP contribution in [-0.2, 0) is 35.8 Å². The maximum atomic E-state index is 12.1. The fraction of sp³-hybridized carbons (Fsp3) is 0.478. The third kappa shape index (κ3) is 3.77. The fourth-order valence-corrected chi connectivity index (χ4v) is 4.45. The van der Waals surface area contributed by atoms with E-state index >= 15 is 0 Å². The van der Waals surface area contributed by atoms with Crippen LogP contribution in [0.3, 0.4) is 0 Å². The lowest BCUT2D eigenvalue weighted by Crippen LogP contribution is -2.21. The normalized spacial score (nSPS) is 17.8. The van der Waals surface area contributed by atoms with Crippen LogP contribution >= 0.6 is 0 Å². The third-order valence-electron chi connectivity index (χ3n) is 6.03. The molecule has 0 unspecified atom stereocenters. The van der Waals surface area contributed by atoms with Crippen molar-refractivity contribution >= 4 is 5.78 Å². The number of hydrogen-bond donors (Lipinski definition) is 0. The largest absolute Gasteiger partial charge is 0.381 e. The summed E-state index contributed by atoms with van der Waals surface area (Å²) < 4.78 is 7.17. The van der Waals surface area contributed by atoms with E-state index in [2.05, 4.69) is 12.1 Å². The van der Waals surface area contributed by atoms with Gasteiger partial charge < -0.3 is 9.30 Å². The summed E-state index contributed by atoms with van der Waals surface area (Å²) in [6, 6.07) is 6.47. The van der Waals surface area contributed by atoms with Gasteiger partial charge in [-0.3, -0.25) is 9.59 Å². The molecule has 2 heterocycles. The van der Waals surface area contributed by atoms with Crippen LogP contribution in [0.25, 0.3) is 11.1 Å². The number of aromatic nitrogens is 1. The molecule has 1 saturated heterocycles. The summed E-state index contributed by atoms with van der Waals surface area (Å²) in [4.78, 5) is 24.2. The first-order valence-electron chi connectivity index (χ1n) is 9.93. The lowest BCUT2D eigenvalue weighted by Gasteiger charge is -2.26. The molecule has 0 N–H and O–H groups in total. The minimum atomic E-state index is 0.0461. The molecule has 142 valence electrons. The molecule has 0 atom stereocenters. The molecule has 27 heavy (non-hydrogen) atoms. The van der Waals surface area contributed by atoms with Gasteiger partial charge in [-0.15, -0.1) is 0 Å². The van der Waals surface area contributed by atoms with Crippen LogP contribution in [0, 0.1) is 12.8 Å². The van der Waals surface area contributed by atoms with Gasteiger partial charge in [0.1, 0.15) is 5.78 Å². The number of ketones is 1. The van der Waals surface area contributed by atoms with Crippen LogP contribution in [-0.4, -0.2) is 23.6 Å². The average molecular weight is 365 g/mol. The molecule has 1 aromatic heterocycles. The van der Waals surface area contributed by atoms with Gasteiger partial charge in [0.25, 0.3) is 5.56 Å². The number of carbonyl (C=O) groups is 1. The van der Waals surface area contributed by atoms with E-state index in [4.69, 9.17) is 4.74 Å². The molecule has 4 rings (SSSR count). The Bertz CT molecular complexity index is 909. The van der Waals surface area contributed by atoms with Gasteiger partial charge in [-0.05, 0) is 72.4 Å². The van der Waals surface area contributed by atoms with Gasteiger partial charge in [-0.2, -0.15) is 0 Å². The number of hydrogen-bond acceptors (Lipinski definition) is 3. The number of aryl methyl sites for hydroxylation is 3. The van der Waals surface area contributed by atoms with Crippen LogP contribution in [0.15, 0.2) is 29.2 Å². The van der Waals surface area contributed by atoms with E-state index in [-0.39, 0.29) is 5.56 Å². The maximum absolute atomic E-state index is 12.1. The van der Waals surface area contributed by atoms with Crippen molar-refractivity contribution in [1.82, 2.24) is 4.57 Å². The highest BCUT2D eigenvalue weighted by Gasteiger charge is 2.23. The zero-order valence-electron chi connectivity index (χ0n) is 16.2. The molecular weight excluding hydrogens is 338 g/mol. The van der Waals surface area contributed by atoms with Crippen molar-refractivity contribution in [3.63, 3.8) is 0 Å². The molecule has 2 aromatic rings. The number of carbonyl (C=O) groups excluding carboxylic acids is 1. The second-order valence-corrected chi connectivity index (χ2v) is 8.08. The minimum absolute atomic E-state index is 0.0461. The van der Waals surface area contributed by atoms with Gasteiger partial charge in [0, 0.05) is 44.9 Å². The van der Waals surface area contributed by atoms with Gasteiger partial charge >= 0.3 is 0 Å². The summed E-state index contributed by atoms with van der Waals surface area (Å²) in [5, 5.41) is 0. The van der Waals surface area contributed by atoms with E-state index in [0.29, 0.717) is 24.5 Å². The Balaban J connectivity index is 1.78. The number of ether oxygens (including phenoxy) is 1. The molecule has 4 nitrogen and oxygen atoms in total. The third-order valence-corrected chi connectivity index (χ3v) is 6.03. The lowest BCUT2D eigenvalue weighted by atomic mass is 9.81. The predicted octanol–water partition coefficient (Wildman–Crippen LogP) is 3.39. The smallest absolute Gasteiger partial charge is 0.253 e. The highest BCUT2D eigenvalue weighted by Crippen LogP contribution is 2.32. The highest BCUT2D eigenvalue weighted by atomic mass is 16.5. The number of fused-ring (bicyclic) bond motifs is 1. The highest BCUT2D eigenvalue weighted by molar-refractivity contribution is 5.84. The molecular formula is C23H27NO3. The van der Waals surface area contributed by atoms with Crippen molar-refractivity contribution in [3.05, 3.63) is 57.0 Å². The number of nitrogens with zero attached hydrogens (tertiary/aromatic N) is 1. The molecule has 1 aliphatic carbocycles. The SMILES string of the molecule is Cc1cc(-c2cc3c(c(CC4CCOCC4)c2)CC(=O)CC3)cn(C)c1=O. The molecule has 0 amide bonds. The monoisotopic (exact) mass is 365 g/mol. The molecule has 0 bridgehead atoms. The van der Waals surface area contributed by atoms with E-state index < -0.39 is 0 Å². The van der Waals surface area contributed by atoms with Gasteiger partial charge in [-0.1, -0.05) is 12.1 Å². The van der Waals surface area contributed by atoms with Crippen molar-refractivity contribution < 1.29 is 9.53 Å². The standard InChI is InChI=1S/C23H27NO3/c1-15-9-20(14-24(2)23(15)26)18-11-17-3-4-21(25)13-22(17)19(12-18)10-16-5-7-27-8-6-16/h9,11-12,14,16H,3-8,10,13H2,1-2H3. The first-order valence-corrected chi connectivity index (χ1v) is 9.93. The number of pyridine rings is 1. The molecule has 2 aliphatic rings. The Labute approximate surface area is 160 Å². The Hall–Kier alpha value is -2.20. The summed E-state index contributed by atoms with van der Waals surface area (Å²) in [6.07, 6.45) is 7.14. The van der Waals surface area contributed by atoms with Gasteiger partial charge in [0.15, 0.2) is 0 Å². The van der Waals surface area contributed by atoms with Gasteiger partial charge in [0.05, 0.1) is 0 Å². The van der Waals surface area contributed by atoms with E-state index in [1.807, 2.05) is 19.2 Å². The molecule has 1 fully saturated rings. The Kier molecular flexibility index (Phi) is 5.00. The maximum Gasteiger partial charge on any atom is 0.253 e. The molecule has 1 aromatic carbocycles. The van der Waals surface area contributed by atoms with Crippen LogP contribution in [0.5, 0.6) is 0 Å². The van der Waals surface area contributed by atoms with E-state index in [1.54, 1.807) is 11.6 Å². The van der Waals surface area contributed by atoms with E-state index in [0.717, 1.165) is 55.6 Å². The van der Waals surface area contributed by atoms with Crippen molar-refractivity contribution in [3.8, 4) is 11.1 Å². The molecule has 1 aliphatic heterocycles. The predicted molar refractivity (Wildman–Crippen MR) is 106 cm³/mol. The van der Waals surface area contributed by atoms with Crippen molar-refractivity contribution in [2.45, 2.75) is 45.4 Å². The molecule has 0 saturated carbocycles. The Morgan fingerprint density at radius 1 is 1.07 bits per heavy atom. The van der Waals surface area contributed by atoms with Crippen molar-refractivity contribution in [2.75, 3.05) is 13.2 Å². The van der Waals surface area contributed by atoms with E-state index in [1.165, 1.54) is 16.7 Å². The summed E-state index contributed by atoms with van der Waals surface area (Å²) in [5.74, 6) is 0.971. The van der Waals surface area contributed by atoms with E-state index in [9.17, 15) is 9.59 Å². The number of Topliss-reactive ketones (excluding diaryl/α,β-unsaturated/α-hetero) is 1.